The molecule has 0 saturated heterocycles. The van der Waals surface area contributed by atoms with Crippen molar-refractivity contribution in [3.8, 4) is 0 Å². The maximum atomic E-state index is 13.0. The molecule has 1 aromatic carbocycles. The van der Waals surface area contributed by atoms with Crippen LogP contribution in [-0.2, 0) is 6.42 Å². The zero-order chi connectivity index (χ0) is 12.8. The van der Waals surface area contributed by atoms with Gasteiger partial charge in [0.2, 0.25) is 0 Å². The predicted octanol–water partition coefficient (Wildman–Crippen LogP) is 4.01. The molecule has 1 nitrogen and oxygen atoms in total. The summed E-state index contributed by atoms with van der Waals surface area (Å²) in [6, 6.07) is 4.95. The van der Waals surface area contributed by atoms with Gasteiger partial charge >= 0.3 is 0 Å². The first-order valence-electron chi connectivity index (χ1n) is 6.19. The highest BCUT2D eigenvalue weighted by molar-refractivity contribution is 9.10. The summed E-state index contributed by atoms with van der Waals surface area (Å²) in [6.45, 7) is 8.59. The molecule has 0 spiro atoms. The van der Waals surface area contributed by atoms with E-state index in [0.717, 1.165) is 24.0 Å². The molecular weight excluding hydrogens is 281 g/mol. The molecule has 3 heteroatoms. The van der Waals surface area contributed by atoms with Crippen molar-refractivity contribution in [3.05, 3.63) is 34.1 Å². The second-order valence-corrected chi connectivity index (χ2v) is 5.61. The van der Waals surface area contributed by atoms with Crippen LogP contribution in [0.3, 0.4) is 0 Å². The van der Waals surface area contributed by atoms with Crippen molar-refractivity contribution in [3.63, 3.8) is 0 Å². The molecule has 1 aromatic rings. The Morgan fingerprint density at radius 2 is 2.06 bits per heavy atom. The largest absolute Gasteiger partial charge is 0.317 e. The van der Waals surface area contributed by atoms with Crippen molar-refractivity contribution in [1.82, 2.24) is 5.32 Å². The SMILES string of the molecule is CCNCC(Cc1ccc(F)cc1Br)C(C)C. The van der Waals surface area contributed by atoms with Crippen molar-refractivity contribution in [2.75, 3.05) is 13.1 Å². The van der Waals surface area contributed by atoms with Crippen LogP contribution in [0.1, 0.15) is 26.3 Å². The molecule has 1 rings (SSSR count). The van der Waals surface area contributed by atoms with Crippen LogP contribution in [0, 0.1) is 17.7 Å². The first-order valence-corrected chi connectivity index (χ1v) is 6.98. The van der Waals surface area contributed by atoms with E-state index in [1.807, 2.05) is 6.07 Å². The molecule has 1 unspecified atom stereocenters. The first-order chi connectivity index (χ1) is 8.04. The summed E-state index contributed by atoms with van der Waals surface area (Å²) >= 11 is 3.43. The average molecular weight is 302 g/mol. The van der Waals surface area contributed by atoms with Gasteiger partial charge in [0.1, 0.15) is 5.82 Å². The lowest BCUT2D eigenvalue weighted by atomic mass is 9.89. The van der Waals surface area contributed by atoms with Crippen molar-refractivity contribution in [1.29, 1.82) is 0 Å². The second kappa shape index (κ2) is 7.12. The molecule has 0 aliphatic carbocycles. The Hall–Kier alpha value is -0.410. The minimum atomic E-state index is -0.187. The molecule has 0 aromatic heterocycles. The number of nitrogens with one attached hydrogen (secondary N) is 1. The number of hydrogen-bond donors (Lipinski definition) is 1. The van der Waals surface area contributed by atoms with E-state index in [4.69, 9.17) is 0 Å². The van der Waals surface area contributed by atoms with Crippen LogP contribution < -0.4 is 5.32 Å². The minimum Gasteiger partial charge on any atom is -0.317 e. The van der Waals surface area contributed by atoms with Gasteiger partial charge in [0.25, 0.3) is 0 Å². The summed E-state index contributed by atoms with van der Waals surface area (Å²) in [5.74, 6) is 1.01. The van der Waals surface area contributed by atoms with E-state index in [0.29, 0.717) is 11.8 Å². The molecule has 0 aliphatic heterocycles. The Labute approximate surface area is 112 Å². The predicted molar refractivity (Wildman–Crippen MR) is 74.7 cm³/mol. The highest BCUT2D eigenvalue weighted by Gasteiger charge is 2.15. The summed E-state index contributed by atoms with van der Waals surface area (Å²) in [4.78, 5) is 0. The summed E-state index contributed by atoms with van der Waals surface area (Å²) in [5.41, 5.74) is 1.18. The Kier molecular flexibility index (Phi) is 6.14. The molecule has 17 heavy (non-hydrogen) atoms. The Bertz CT molecular complexity index is 352. The average Bonchev–Trinajstić information content (AvgIpc) is 2.26. The van der Waals surface area contributed by atoms with Gasteiger partial charge in [-0.2, -0.15) is 0 Å². The Balaban J connectivity index is 2.71. The first kappa shape index (κ1) is 14.7. The van der Waals surface area contributed by atoms with Gasteiger partial charge in [-0.25, -0.2) is 4.39 Å². The van der Waals surface area contributed by atoms with Crippen LogP contribution in [0.2, 0.25) is 0 Å². The molecule has 96 valence electrons. The molecule has 0 radical (unpaired) electrons. The third-order valence-electron chi connectivity index (χ3n) is 3.10. The quantitative estimate of drug-likeness (QED) is 0.837. The standard InChI is InChI=1S/C14H21BrFN/c1-4-17-9-12(10(2)3)7-11-5-6-13(16)8-14(11)15/h5-6,8,10,12,17H,4,7,9H2,1-3H3. The Morgan fingerprint density at radius 1 is 1.35 bits per heavy atom. The van der Waals surface area contributed by atoms with Crippen LogP contribution in [0.15, 0.2) is 22.7 Å². The zero-order valence-electron chi connectivity index (χ0n) is 10.8. The number of benzene rings is 1. The lowest BCUT2D eigenvalue weighted by molar-refractivity contribution is 0.363. The van der Waals surface area contributed by atoms with Crippen LogP contribution in [0.4, 0.5) is 4.39 Å². The van der Waals surface area contributed by atoms with Gasteiger partial charge in [0.05, 0.1) is 0 Å². The van der Waals surface area contributed by atoms with E-state index in [-0.39, 0.29) is 5.82 Å². The summed E-state index contributed by atoms with van der Waals surface area (Å²) in [6.07, 6.45) is 0.978. The molecule has 1 atom stereocenters. The topological polar surface area (TPSA) is 12.0 Å². The molecule has 0 fully saturated rings. The van der Waals surface area contributed by atoms with Crippen molar-refractivity contribution < 1.29 is 4.39 Å². The molecular formula is C14H21BrFN. The van der Waals surface area contributed by atoms with E-state index in [1.165, 1.54) is 11.6 Å². The minimum absolute atomic E-state index is 0.187. The van der Waals surface area contributed by atoms with Crippen molar-refractivity contribution in [2.24, 2.45) is 11.8 Å². The third-order valence-corrected chi connectivity index (χ3v) is 3.83. The normalized spacial score (nSPS) is 13.1. The molecule has 0 saturated carbocycles. The Morgan fingerprint density at radius 3 is 2.59 bits per heavy atom. The van der Waals surface area contributed by atoms with E-state index < -0.39 is 0 Å². The highest BCUT2D eigenvalue weighted by atomic mass is 79.9. The van der Waals surface area contributed by atoms with Crippen LogP contribution in [-0.4, -0.2) is 13.1 Å². The van der Waals surface area contributed by atoms with Gasteiger partial charge in [0.15, 0.2) is 0 Å². The third kappa shape index (κ3) is 4.76. The summed E-state index contributed by atoms with van der Waals surface area (Å²) < 4.78 is 13.9. The van der Waals surface area contributed by atoms with Crippen LogP contribution in [0.5, 0.6) is 0 Å². The smallest absolute Gasteiger partial charge is 0.124 e. The highest BCUT2D eigenvalue weighted by Crippen LogP contribution is 2.24. The lowest BCUT2D eigenvalue weighted by Crippen LogP contribution is -2.27. The molecule has 0 bridgehead atoms. The van der Waals surface area contributed by atoms with Crippen molar-refractivity contribution >= 4 is 15.9 Å². The number of halogens is 2. The van der Waals surface area contributed by atoms with Crippen molar-refractivity contribution in [2.45, 2.75) is 27.2 Å². The fourth-order valence-electron chi connectivity index (χ4n) is 1.84. The van der Waals surface area contributed by atoms with E-state index in [2.05, 4.69) is 42.0 Å². The monoisotopic (exact) mass is 301 g/mol. The van der Waals surface area contributed by atoms with E-state index in [9.17, 15) is 4.39 Å². The van der Waals surface area contributed by atoms with Crippen LogP contribution >= 0.6 is 15.9 Å². The van der Waals surface area contributed by atoms with Crippen LogP contribution in [0.25, 0.3) is 0 Å². The molecule has 0 aliphatic rings. The van der Waals surface area contributed by atoms with Gasteiger partial charge in [-0.3, -0.25) is 0 Å². The van der Waals surface area contributed by atoms with Gasteiger partial charge in [0, 0.05) is 4.47 Å². The zero-order valence-corrected chi connectivity index (χ0v) is 12.3. The molecule has 0 heterocycles. The lowest BCUT2D eigenvalue weighted by Gasteiger charge is -2.21. The fourth-order valence-corrected chi connectivity index (χ4v) is 2.36. The maximum Gasteiger partial charge on any atom is 0.124 e. The van der Waals surface area contributed by atoms with E-state index in [1.54, 1.807) is 6.07 Å². The maximum absolute atomic E-state index is 13.0. The van der Waals surface area contributed by atoms with Gasteiger partial charge in [-0.1, -0.05) is 42.8 Å². The van der Waals surface area contributed by atoms with Gasteiger partial charge in [-0.05, 0) is 49.0 Å². The number of rotatable bonds is 6. The van der Waals surface area contributed by atoms with E-state index >= 15 is 0 Å². The summed E-state index contributed by atoms with van der Waals surface area (Å²) in [7, 11) is 0. The summed E-state index contributed by atoms with van der Waals surface area (Å²) in [5, 5.41) is 3.39. The molecule has 0 amide bonds. The number of hydrogen-bond acceptors (Lipinski definition) is 1. The van der Waals surface area contributed by atoms with Gasteiger partial charge in [-0.15, -0.1) is 0 Å². The fraction of sp³-hybridized carbons (Fsp3) is 0.571. The second-order valence-electron chi connectivity index (χ2n) is 4.75. The molecule has 1 N–H and O–H groups in total. The van der Waals surface area contributed by atoms with Gasteiger partial charge < -0.3 is 5.32 Å².